The molecular weight excluding hydrogens is 298 g/mol. The lowest BCUT2D eigenvalue weighted by Gasteiger charge is -2.19. The zero-order chi connectivity index (χ0) is 13.4. The van der Waals surface area contributed by atoms with Gasteiger partial charge in [-0.3, -0.25) is 9.59 Å². The smallest absolute Gasteiger partial charge is 0.227 e. The highest BCUT2D eigenvalue weighted by molar-refractivity contribution is 6.42. The molecule has 2 amide bonds. The van der Waals surface area contributed by atoms with E-state index in [2.05, 4.69) is 0 Å². The van der Waals surface area contributed by atoms with E-state index in [1.165, 1.54) is 17.0 Å². The summed E-state index contributed by atoms with van der Waals surface area (Å²) in [6.45, 7) is 0.190. The van der Waals surface area contributed by atoms with Crippen molar-refractivity contribution in [2.75, 3.05) is 11.4 Å². The molecule has 4 nitrogen and oxygen atoms in total. The van der Waals surface area contributed by atoms with E-state index in [0.717, 1.165) is 0 Å². The maximum atomic E-state index is 11.8. The molecule has 1 unspecified atom stereocenters. The van der Waals surface area contributed by atoms with Gasteiger partial charge in [0.25, 0.3) is 0 Å². The molecule has 1 fully saturated rings. The molecule has 2 rings (SSSR count). The molecule has 1 aliphatic rings. The van der Waals surface area contributed by atoms with E-state index < -0.39 is 11.8 Å². The average molecular weight is 308 g/mol. The standard InChI is InChI=1S/C11H9Cl3N2O2/c12-6-2-7(13)10(8(14)3-6)16-4-5(11(15)18)1-9(16)17/h2-3,5H,1,4H2,(H2,15,18). The molecule has 0 spiro atoms. The lowest BCUT2D eigenvalue weighted by atomic mass is 10.1. The van der Waals surface area contributed by atoms with E-state index in [1.807, 2.05) is 0 Å². The molecule has 1 aromatic carbocycles. The molecule has 0 aliphatic carbocycles. The number of carbonyl (C=O) groups excluding carboxylic acids is 2. The number of hydrogen-bond donors (Lipinski definition) is 1. The molecule has 1 aromatic rings. The zero-order valence-electron chi connectivity index (χ0n) is 9.12. The molecule has 0 aromatic heterocycles. The minimum atomic E-state index is -0.514. The van der Waals surface area contributed by atoms with Crippen molar-refractivity contribution in [1.29, 1.82) is 0 Å². The highest BCUT2D eigenvalue weighted by Crippen LogP contribution is 2.39. The number of nitrogens with zero attached hydrogens (tertiary/aromatic N) is 1. The summed E-state index contributed by atoms with van der Waals surface area (Å²) in [6.07, 6.45) is 0.0740. The number of amides is 2. The quantitative estimate of drug-likeness (QED) is 0.912. The van der Waals surface area contributed by atoms with Crippen LogP contribution < -0.4 is 10.6 Å². The molecule has 1 aliphatic heterocycles. The minimum Gasteiger partial charge on any atom is -0.369 e. The van der Waals surface area contributed by atoms with Gasteiger partial charge in [-0.2, -0.15) is 0 Å². The summed E-state index contributed by atoms with van der Waals surface area (Å²) in [5, 5.41) is 0.920. The van der Waals surface area contributed by atoms with E-state index in [-0.39, 0.29) is 28.9 Å². The average Bonchev–Trinajstić information content (AvgIpc) is 2.59. The summed E-state index contributed by atoms with van der Waals surface area (Å²) in [4.78, 5) is 24.3. The highest BCUT2D eigenvalue weighted by Gasteiger charge is 2.35. The largest absolute Gasteiger partial charge is 0.369 e. The van der Waals surface area contributed by atoms with Gasteiger partial charge in [-0.05, 0) is 12.1 Å². The van der Waals surface area contributed by atoms with Crippen molar-refractivity contribution in [1.82, 2.24) is 0 Å². The van der Waals surface area contributed by atoms with Gasteiger partial charge < -0.3 is 10.6 Å². The number of halogens is 3. The number of benzene rings is 1. The minimum absolute atomic E-state index is 0.0740. The van der Waals surface area contributed by atoms with Crippen molar-refractivity contribution in [2.45, 2.75) is 6.42 Å². The molecular formula is C11H9Cl3N2O2. The first kappa shape index (κ1) is 13.5. The number of primary amides is 1. The Morgan fingerprint density at radius 2 is 1.83 bits per heavy atom. The first-order valence-corrected chi connectivity index (χ1v) is 6.27. The van der Waals surface area contributed by atoms with Crippen LogP contribution in [-0.2, 0) is 9.59 Å². The molecule has 7 heteroatoms. The van der Waals surface area contributed by atoms with Crippen LogP contribution >= 0.6 is 34.8 Å². The highest BCUT2D eigenvalue weighted by atomic mass is 35.5. The summed E-state index contributed by atoms with van der Waals surface area (Å²) in [5.74, 6) is -1.25. The molecule has 2 N–H and O–H groups in total. The fourth-order valence-electron chi connectivity index (χ4n) is 1.91. The third kappa shape index (κ3) is 2.41. The number of carbonyl (C=O) groups is 2. The van der Waals surface area contributed by atoms with Gasteiger partial charge in [-0.25, -0.2) is 0 Å². The molecule has 96 valence electrons. The van der Waals surface area contributed by atoms with Gasteiger partial charge in [0.05, 0.1) is 21.7 Å². The molecule has 1 atom stereocenters. The van der Waals surface area contributed by atoms with E-state index in [1.54, 1.807) is 0 Å². The Hall–Kier alpha value is -0.970. The van der Waals surface area contributed by atoms with Crippen LogP contribution in [0.4, 0.5) is 5.69 Å². The molecule has 0 radical (unpaired) electrons. The van der Waals surface area contributed by atoms with Crippen molar-refractivity contribution >= 4 is 52.3 Å². The summed E-state index contributed by atoms with van der Waals surface area (Å²) in [6, 6.07) is 2.99. The fraction of sp³-hybridized carbons (Fsp3) is 0.273. The van der Waals surface area contributed by atoms with Crippen LogP contribution in [-0.4, -0.2) is 18.4 Å². The van der Waals surface area contributed by atoms with Crippen LogP contribution in [0, 0.1) is 5.92 Å². The molecule has 1 saturated heterocycles. The van der Waals surface area contributed by atoms with E-state index in [0.29, 0.717) is 10.7 Å². The SMILES string of the molecule is NC(=O)C1CC(=O)N(c2c(Cl)cc(Cl)cc2Cl)C1. The Kier molecular flexibility index (Phi) is 3.71. The second-order valence-corrected chi connectivity index (χ2v) is 5.28. The first-order chi connectivity index (χ1) is 8.40. The second kappa shape index (κ2) is 4.96. The summed E-state index contributed by atoms with van der Waals surface area (Å²) in [7, 11) is 0. The van der Waals surface area contributed by atoms with Gasteiger partial charge in [0.2, 0.25) is 11.8 Å². The maximum absolute atomic E-state index is 11.8. The second-order valence-electron chi connectivity index (χ2n) is 4.03. The van der Waals surface area contributed by atoms with Gasteiger partial charge >= 0.3 is 0 Å². The van der Waals surface area contributed by atoms with Gasteiger partial charge in [-0.1, -0.05) is 34.8 Å². The Morgan fingerprint density at radius 1 is 1.28 bits per heavy atom. The van der Waals surface area contributed by atoms with E-state index in [4.69, 9.17) is 40.5 Å². The van der Waals surface area contributed by atoms with Crippen LogP contribution in [0.2, 0.25) is 15.1 Å². The van der Waals surface area contributed by atoms with Gasteiger partial charge in [0.1, 0.15) is 0 Å². The summed E-state index contributed by atoms with van der Waals surface area (Å²) < 4.78 is 0. The topological polar surface area (TPSA) is 63.4 Å². The first-order valence-electron chi connectivity index (χ1n) is 5.14. The summed E-state index contributed by atoms with van der Waals surface area (Å²) in [5.41, 5.74) is 5.57. The predicted octanol–water partition coefficient (Wildman–Crippen LogP) is 2.49. The molecule has 18 heavy (non-hydrogen) atoms. The Balaban J connectivity index is 2.39. The van der Waals surface area contributed by atoms with Crippen molar-refractivity contribution in [2.24, 2.45) is 11.7 Å². The molecule has 0 saturated carbocycles. The van der Waals surface area contributed by atoms with E-state index in [9.17, 15) is 9.59 Å². The Labute approximate surface area is 119 Å². The van der Waals surface area contributed by atoms with Crippen molar-refractivity contribution in [3.8, 4) is 0 Å². The number of anilines is 1. The lowest BCUT2D eigenvalue weighted by molar-refractivity contribution is -0.123. The molecule has 0 bridgehead atoms. The van der Waals surface area contributed by atoms with Crippen molar-refractivity contribution in [3.63, 3.8) is 0 Å². The maximum Gasteiger partial charge on any atom is 0.227 e. The van der Waals surface area contributed by atoms with Crippen molar-refractivity contribution < 1.29 is 9.59 Å². The van der Waals surface area contributed by atoms with Gasteiger partial charge in [-0.15, -0.1) is 0 Å². The van der Waals surface area contributed by atoms with Crippen LogP contribution in [0.25, 0.3) is 0 Å². The Morgan fingerprint density at radius 3 is 2.28 bits per heavy atom. The van der Waals surface area contributed by atoms with Gasteiger partial charge in [0, 0.05) is 18.0 Å². The van der Waals surface area contributed by atoms with E-state index >= 15 is 0 Å². The van der Waals surface area contributed by atoms with Crippen LogP contribution in [0.5, 0.6) is 0 Å². The van der Waals surface area contributed by atoms with Gasteiger partial charge in [0.15, 0.2) is 0 Å². The van der Waals surface area contributed by atoms with Crippen LogP contribution in [0.3, 0.4) is 0 Å². The number of hydrogen-bond acceptors (Lipinski definition) is 2. The third-order valence-electron chi connectivity index (χ3n) is 2.78. The predicted molar refractivity (Wildman–Crippen MR) is 71.1 cm³/mol. The number of rotatable bonds is 2. The monoisotopic (exact) mass is 306 g/mol. The summed E-state index contributed by atoms with van der Waals surface area (Å²) >= 11 is 17.9. The fourth-order valence-corrected chi connectivity index (χ4v) is 2.93. The third-order valence-corrected chi connectivity index (χ3v) is 3.57. The van der Waals surface area contributed by atoms with Crippen LogP contribution in [0.1, 0.15) is 6.42 Å². The lowest BCUT2D eigenvalue weighted by Crippen LogP contribution is -2.28. The number of nitrogens with two attached hydrogens (primary N) is 1. The molecule has 1 heterocycles. The zero-order valence-corrected chi connectivity index (χ0v) is 11.4. The Bertz CT molecular complexity index is 510. The van der Waals surface area contributed by atoms with Crippen molar-refractivity contribution in [3.05, 3.63) is 27.2 Å². The van der Waals surface area contributed by atoms with Crippen LogP contribution in [0.15, 0.2) is 12.1 Å². The normalized spacial score (nSPS) is 19.4.